The van der Waals surface area contributed by atoms with Crippen LogP contribution in [0.5, 0.6) is 0 Å². The Morgan fingerprint density at radius 2 is 1.79 bits per heavy atom. The minimum Gasteiger partial charge on any atom is -0.450 e. The van der Waals surface area contributed by atoms with E-state index in [2.05, 4.69) is 22.5 Å². The summed E-state index contributed by atoms with van der Waals surface area (Å²) in [6.07, 6.45) is -0.154. The van der Waals surface area contributed by atoms with Crippen LogP contribution in [0.1, 0.15) is 45.2 Å². The number of ether oxygens (including phenoxy) is 1. The SMILES string of the molecule is CCOC(=O)NC(CN1C(=O)C(CC(=O)NCCc2ccc(C)cc2)SC1c1ccc(C#Cc2ccccc2)s1)C(N)=O. The van der Waals surface area contributed by atoms with E-state index >= 15 is 0 Å². The monoisotopic (exact) mass is 618 g/mol. The topological polar surface area (TPSA) is 131 Å². The first kappa shape index (κ1) is 31.7. The fraction of sp³-hybridized carbons (Fsp3) is 0.312. The number of rotatable bonds is 11. The van der Waals surface area contributed by atoms with Gasteiger partial charge in [-0.05, 0) is 50.1 Å². The molecular formula is C32H34N4O5S2. The van der Waals surface area contributed by atoms with E-state index < -0.39 is 28.7 Å². The van der Waals surface area contributed by atoms with Gasteiger partial charge in [0.05, 0.1) is 23.3 Å². The summed E-state index contributed by atoms with van der Waals surface area (Å²) in [7, 11) is 0. The predicted molar refractivity (Wildman–Crippen MR) is 168 cm³/mol. The van der Waals surface area contributed by atoms with Crippen LogP contribution in [0.2, 0.25) is 0 Å². The number of carbonyl (C=O) groups is 4. The van der Waals surface area contributed by atoms with Crippen LogP contribution in [0.4, 0.5) is 4.79 Å². The Morgan fingerprint density at radius 1 is 1.05 bits per heavy atom. The second kappa shape index (κ2) is 15.3. The molecular weight excluding hydrogens is 585 g/mol. The van der Waals surface area contributed by atoms with Gasteiger partial charge in [0.2, 0.25) is 17.7 Å². The summed E-state index contributed by atoms with van der Waals surface area (Å²) in [4.78, 5) is 53.9. The first-order valence-corrected chi connectivity index (χ1v) is 15.7. The van der Waals surface area contributed by atoms with Crippen LogP contribution < -0.4 is 16.4 Å². The molecule has 0 spiro atoms. The van der Waals surface area contributed by atoms with Gasteiger partial charge in [0, 0.05) is 23.4 Å². The van der Waals surface area contributed by atoms with Crippen molar-refractivity contribution >= 4 is 46.9 Å². The molecule has 4 rings (SSSR count). The molecule has 1 aromatic heterocycles. The standard InChI is InChI=1S/C32H34N4O5S2/c1-3-41-32(40)35-25(29(33)38)20-36-30(39)27(19-28(37)34-18-17-23-11-9-21(2)10-12-23)43-31(36)26-16-15-24(42-26)14-13-22-7-5-4-6-8-22/h4-12,15-16,25,27,31H,3,17-20H2,1-2H3,(H2,33,38)(H,34,37)(H,35,40). The Labute approximate surface area is 259 Å². The molecule has 4 N–H and O–H groups in total. The zero-order valence-corrected chi connectivity index (χ0v) is 25.6. The molecule has 1 saturated heterocycles. The molecule has 9 nitrogen and oxygen atoms in total. The van der Waals surface area contributed by atoms with Gasteiger partial charge in [-0.1, -0.05) is 59.9 Å². The Bertz CT molecular complexity index is 1500. The van der Waals surface area contributed by atoms with Gasteiger partial charge in [0.15, 0.2) is 0 Å². The summed E-state index contributed by atoms with van der Waals surface area (Å²) in [6.45, 7) is 4.05. The third-order valence-electron chi connectivity index (χ3n) is 6.63. The highest BCUT2D eigenvalue weighted by molar-refractivity contribution is 8.01. The van der Waals surface area contributed by atoms with Gasteiger partial charge < -0.3 is 26.0 Å². The normalized spacial score (nSPS) is 16.6. The quantitative estimate of drug-likeness (QED) is 0.281. The van der Waals surface area contributed by atoms with Crippen molar-refractivity contribution in [3.63, 3.8) is 0 Å². The van der Waals surface area contributed by atoms with Crippen LogP contribution >= 0.6 is 23.1 Å². The number of amides is 4. The van der Waals surface area contributed by atoms with E-state index in [0.29, 0.717) is 13.0 Å². The zero-order valence-electron chi connectivity index (χ0n) is 24.0. The number of benzene rings is 2. The number of carbonyl (C=O) groups excluding carboxylic acids is 4. The Kier molecular flexibility index (Phi) is 11.2. The van der Waals surface area contributed by atoms with Gasteiger partial charge in [-0.2, -0.15) is 0 Å². The second-order valence-electron chi connectivity index (χ2n) is 9.90. The minimum absolute atomic E-state index is 0.0248. The van der Waals surface area contributed by atoms with Crippen molar-refractivity contribution in [2.45, 2.75) is 43.4 Å². The first-order valence-electron chi connectivity index (χ1n) is 13.9. The molecule has 43 heavy (non-hydrogen) atoms. The third kappa shape index (κ3) is 9.11. The number of primary amides is 1. The van der Waals surface area contributed by atoms with Crippen LogP contribution in [-0.4, -0.2) is 59.7 Å². The number of hydrogen-bond acceptors (Lipinski definition) is 7. The van der Waals surface area contributed by atoms with E-state index in [4.69, 9.17) is 10.5 Å². The molecule has 2 aromatic carbocycles. The van der Waals surface area contributed by atoms with E-state index in [-0.39, 0.29) is 31.4 Å². The number of thiophene rings is 1. The summed E-state index contributed by atoms with van der Waals surface area (Å²) in [5.41, 5.74) is 8.74. The number of nitrogens with zero attached hydrogens (tertiary/aromatic N) is 1. The summed E-state index contributed by atoms with van der Waals surface area (Å²) >= 11 is 2.76. The number of nitrogens with two attached hydrogens (primary N) is 1. The highest BCUT2D eigenvalue weighted by atomic mass is 32.2. The summed E-state index contributed by atoms with van der Waals surface area (Å²) in [5, 5.41) is 4.18. The van der Waals surface area contributed by atoms with Crippen LogP contribution in [0.15, 0.2) is 66.7 Å². The van der Waals surface area contributed by atoms with Gasteiger partial charge in [-0.3, -0.25) is 14.4 Å². The molecule has 1 fully saturated rings. The highest BCUT2D eigenvalue weighted by Crippen LogP contribution is 2.46. The summed E-state index contributed by atoms with van der Waals surface area (Å²) < 4.78 is 4.91. The molecule has 4 amide bonds. The van der Waals surface area contributed by atoms with Crippen molar-refractivity contribution in [1.29, 1.82) is 0 Å². The number of hydrogen-bond donors (Lipinski definition) is 3. The summed E-state index contributed by atoms with van der Waals surface area (Å²) in [5.74, 6) is 4.93. The maximum Gasteiger partial charge on any atom is 0.407 e. The van der Waals surface area contributed by atoms with Crippen molar-refractivity contribution < 1.29 is 23.9 Å². The van der Waals surface area contributed by atoms with Gasteiger partial charge in [-0.25, -0.2) is 4.79 Å². The second-order valence-corrected chi connectivity index (χ2v) is 12.3. The van der Waals surface area contributed by atoms with Gasteiger partial charge in [-0.15, -0.1) is 23.1 Å². The van der Waals surface area contributed by atoms with Crippen molar-refractivity contribution in [2.24, 2.45) is 5.73 Å². The largest absolute Gasteiger partial charge is 0.450 e. The molecule has 3 unspecified atom stereocenters. The van der Waals surface area contributed by atoms with Crippen LogP contribution in [0.25, 0.3) is 0 Å². The predicted octanol–water partition coefficient (Wildman–Crippen LogP) is 3.75. The van der Waals surface area contributed by atoms with E-state index in [1.165, 1.54) is 33.6 Å². The molecule has 0 saturated carbocycles. The lowest BCUT2D eigenvalue weighted by Crippen LogP contribution is -2.52. The van der Waals surface area contributed by atoms with E-state index in [1.807, 2.05) is 73.7 Å². The molecule has 3 atom stereocenters. The van der Waals surface area contributed by atoms with Crippen molar-refractivity contribution in [3.05, 3.63) is 93.2 Å². The zero-order chi connectivity index (χ0) is 30.8. The highest BCUT2D eigenvalue weighted by Gasteiger charge is 2.44. The Morgan fingerprint density at radius 3 is 2.49 bits per heavy atom. The van der Waals surface area contributed by atoms with Crippen LogP contribution in [-0.2, 0) is 25.5 Å². The van der Waals surface area contributed by atoms with Crippen molar-refractivity contribution in [1.82, 2.24) is 15.5 Å². The van der Waals surface area contributed by atoms with E-state index in [0.717, 1.165) is 20.9 Å². The fourth-order valence-corrected chi connectivity index (χ4v) is 6.92. The van der Waals surface area contributed by atoms with Gasteiger partial charge in [0.25, 0.3) is 0 Å². The molecule has 11 heteroatoms. The van der Waals surface area contributed by atoms with Crippen molar-refractivity contribution in [3.8, 4) is 11.8 Å². The van der Waals surface area contributed by atoms with Gasteiger partial charge >= 0.3 is 6.09 Å². The number of thioether (sulfide) groups is 1. The molecule has 0 bridgehead atoms. The molecule has 2 heterocycles. The molecule has 0 radical (unpaired) electrons. The van der Waals surface area contributed by atoms with E-state index in [9.17, 15) is 19.2 Å². The maximum atomic E-state index is 13.6. The lowest BCUT2D eigenvalue weighted by atomic mass is 10.1. The van der Waals surface area contributed by atoms with Gasteiger partial charge in [0.1, 0.15) is 11.4 Å². The molecule has 1 aliphatic heterocycles. The minimum atomic E-state index is -1.18. The number of alkyl carbamates (subject to hydrolysis) is 1. The van der Waals surface area contributed by atoms with Crippen molar-refractivity contribution in [2.75, 3.05) is 19.7 Å². The van der Waals surface area contributed by atoms with E-state index in [1.54, 1.807) is 6.92 Å². The number of aryl methyl sites for hydroxylation is 1. The Balaban J connectivity index is 1.48. The average Bonchev–Trinajstić information content (AvgIpc) is 3.58. The smallest absolute Gasteiger partial charge is 0.407 e. The maximum absolute atomic E-state index is 13.6. The van der Waals surface area contributed by atoms with Crippen LogP contribution in [0, 0.1) is 18.8 Å². The number of nitrogens with one attached hydrogen (secondary N) is 2. The fourth-order valence-electron chi connectivity index (χ4n) is 4.40. The van der Waals surface area contributed by atoms with Crippen LogP contribution in [0.3, 0.4) is 0 Å². The lowest BCUT2D eigenvalue weighted by Gasteiger charge is -2.27. The first-order chi connectivity index (χ1) is 20.7. The third-order valence-corrected chi connectivity index (χ3v) is 9.29. The molecule has 3 aromatic rings. The summed E-state index contributed by atoms with van der Waals surface area (Å²) in [6, 6.07) is 20.3. The Hall–Kier alpha value is -4.27. The average molecular weight is 619 g/mol. The molecule has 0 aliphatic carbocycles. The molecule has 1 aliphatic rings. The lowest BCUT2D eigenvalue weighted by molar-refractivity contribution is -0.133. The molecule has 224 valence electrons.